The predicted molar refractivity (Wildman–Crippen MR) is 113 cm³/mol. The van der Waals surface area contributed by atoms with Gasteiger partial charge in [0.05, 0.1) is 5.02 Å². The minimum atomic E-state index is -0.469. The van der Waals surface area contributed by atoms with Gasteiger partial charge in [0, 0.05) is 28.0 Å². The molecule has 2 N–H and O–H groups in total. The Morgan fingerprint density at radius 3 is 2.57 bits per heavy atom. The molecule has 7 heteroatoms. The Balaban J connectivity index is 1.63. The average molecular weight is 464 g/mol. The third-order valence-corrected chi connectivity index (χ3v) is 4.62. The van der Waals surface area contributed by atoms with Crippen molar-refractivity contribution < 1.29 is 13.9 Å². The monoisotopic (exact) mass is 462 g/mol. The Bertz CT molecular complexity index is 970. The number of benzene rings is 3. The molecule has 4 nitrogen and oxygen atoms in total. The van der Waals surface area contributed by atoms with E-state index in [1.165, 1.54) is 12.1 Å². The second-order valence-electron chi connectivity index (χ2n) is 5.94. The van der Waals surface area contributed by atoms with Gasteiger partial charge in [0.2, 0.25) is 0 Å². The highest BCUT2D eigenvalue weighted by Crippen LogP contribution is 2.25. The molecule has 0 fully saturated rings. The van der Waals surface area contributed by atoms with E-state index in [4.69, 9.17) is 16.3 Å². The number of carbonyl (C=O) groups excluding carboxylic acids is 1. The summed E-state index contributed by atoms with van der Waals surface area (Å²) in [5, 5.41) is 5.99. The molecular weight excluding hydrogens is 447 g/mol. The van der Waals surface area contributed by atoms with E-state index in [-0.39, 0.29) is 17.5 Å². The number of ether oxygens (including phenoxy) is 1. The SMILES string of the molecule is O=C(COc1ccc(Br)cc1CNc1ccc(F)c(Cl)c1)Nc1ccccc1. The van der Waals surface area contributed by atoms with Gasteiger partial charge in [-0.15, -0.1) is 0 Å². The summed E-state index contributed by atoms with van der Waals surface area (Å²) in [6, 6.07) is 19.1. The quantitative estimate of drug-likeness (QED) is 0.461. The fraction of sp³-hybridized carbons (Fsp3) is 0.0952. The topological polar surface area (TPSA) is 50.4 Å². The fourth-order valence-electron chi connectivity index (χ4n) is 2.49. The first-order valence-electron chi connectivity index (χ1n) is 8.46. The third kappa shape index (κ3) is 5.71. The molecule has 1 amide bonds. The van der Waals surface area contributed by atoms with Gasteiger partial charge in [-0.3, -0.25) is 4.79 Å². The van der Waals surface area contributed by atoms with Crippen molar-refractivity contribution >= 4 is 44.8 Å². The van der Waals surface area contributed by atoms with E-state index >= 15 is 0 Å². The second kappa shape index (κ2) is 9.57. The van der Waals surface area contributed by atoms with Crippen LogP contribution in [0.25, 0.3) is 0 Å². The van der Waals surface area contributed by atoms with Crippen molar-refractivity contribution in [3.8, 4) is 5.75 Å². The average Bonchev–Trinajstić information content (AvgIpc) is 2.69. The van der Waals surface area contributed by atoms with Gasteiger partial charge >= 0.3 is 0 Å². The van der Waals surface area contributed by atoms with Gasteiger partial charge in [0.15, 0.2) is 6.61 Å². The van der Waals surface area contributed by atoms with Gasteiger partial charge in [-0.2, -0.15) is 0 Å². The summed E-state index contributed by atoms with van der Waals surface area (Å²) in [5.41, 5.74) is 2.23. The van der Waals surface area contributed by atoms with Crippen LogP contribution in [0.3, 0.4) is 0 Å². The lowest BCUT2D eigenvalue weighted by Crippen LogP contribution is -2.20. The molecule has 0 aliphatic heterocycles. The van der Waals surface area contributed by atoms with Crippen LogP contribution in [0, 0.1) is 5.82 Å². The first-order valence-corrected chi connectivity index (χ1v) is 9.63. The van der Waals surface area contributed by atoms with Gasteiger partial charge in [0.25, 0.3) is 5.91 Å². The van der Waals surface area contributed by atoms with Crippen LogP contribution in [0.4, 0.5) is 15.8 Å². The zero-order chi connectivity index (χ0) is 19.9. The van der Waals surface area contributed by atoms with Crippen LogP contribution in [0.15, 0.2) is 71.2 Å². The smallest absolute Gasteiger partial charge is 0.262 e. The Labute approximate surface area is 175 Å². The molecule has 3 rings (SSSR count). The summed E-state index contributed by atoms with van der Waals surface area (Å²) >= 11 is 9.25. The number of hydrogen-bond donors (Lipinski definition) is 2. The van der Waals surface area contributed by atoms with Crippen LogP contribution >= 0.6 is 27.5 Å². The lowest BCUT2D eigenvalue weighted by Gasteiger charge is -2.14. The number of amides is 1. The lowest BCUT2D eigenvalue weighted by molar-refractivity contribution is -0.118. The number of para-hydroxylation sites is 1. The fourth-order valence-corrected chi connectivity index (χ4v) is 3.08. The molecule has 0 bridgehead atoms. The van der Waals surface area contributed by atoms with Gasteiger partial charge in [-0.05, 0) is 48.5 Å². The normalized spacial score (nSPS) is 10.4. The Hall–Kier alpha value is -2.57. The molecule has 28 heavy (non-hydrogen) atoms. The zero-order valence-electron chi connectivity index (χ0n) is 14.7. The van der Waals surface area contributed by atoms with Crippen molar-refractivity contribution in [2.24, 2.45) is 0 Å². The molecule has 0 unspecified atom stereocenters. The van der Waals surface area contributed by atoms with Crippen LogP contribution < -0.4 is 15.4 Å². The minimum absolute atomic E-state index is 0.0494. The second-order valence-corrected chi connectivity index (χ2v) is 7.26. The zero-order valence-corrected chi connectivity index (χ0v) is 17.1. The van der Waals surface area contributed by atoms with E-state index in [2.05, 4.69) is 26.6 Å². The molecule has 3 aromatic rings. The van der Waals surface area contributed by atoms with E-state index < -0.39 is 5.82 Å². The standard InChI is InChI=1S/C21H17BrClFN2O2/c22-15-6-9-20(28-13-21(27)26-16-4-2-1-3-5-16)14(10-15)12-25-17-7-8-19(24)18(23)11-17/h1-11,25H,12-13H2,(H,26,27). The Morgan fingerprint density at radius 2 is 1.82 bits per heavy atom. The van der Waals surface area contributed by atoms with Crippen LogP contribution in [0.1, 0.15) is 5.56 Å². The molecule has 0 aromatic heterocycles. The Morgan fingerprint density at radius 1 is 1.04 bits per heavy atom. The molecule has 0 radical (unpaired) electrons. The molecule has 0 atom stereocenters. The number of nitrogens with one attached hydrogen (secondary N) is 2. The number of halogens is 3. The molecule has 0 heterocycles. The maximum Gasteiger partial charge on any atom is 0.262 e. The number of anilines is 2. The molecule has 0 aliphatic carbocycles. The van der Waals surface area contributed by atoms with E-state index in [1.54, 1.807) is 24.3 Å². The number of carbonyl (C=O) groups is 1. The van der Waals surface area contributed by atoms with Gasteiger partial charge < -0.3 is 15.4 Å². The van der Waals surface area contributed by atoms with Gasteiger partial charge in [0.1, 0.15) is 11.6 Å². The lowest BCUT2D eigenvalue weighted by atomic mass is 10.2. The number of rotatable bonds is 7. The summed E-state index contributed by atoms with van der Waals surface area (Å²) in [6.07, 6.45) is 0. The van der Waals surface area contributed by atoms with Crippen LogP contribution in [-0.4, -0.2) is 12.5 Å². The van der Waals surface area contributed by atoms with Crippen LogP contribution in [0.5, 0.6) is 5.75 Å². The van der Waals surface area contributed by atoms with Crippen molar-refractivity contribution in [3.63, 3.8) is 0 Å². The largest absolute Gasteiger partial charge is 0.483 e. The summed E-state index contributed by atoms with van der Waals surface area (Å²) < 4.78 is 19.9. The van der Waals surface area contributed by atoms with Crippen LogP contribution in [-0.2, 0) is 11.3 Å². The molecule has 0 saturated carbocycles. The highest BCUT2D eigenvalue weighted by atomic mass is 79.9. The van der Waals surface area contributed by atoms with E-state index in [0.717, 1.165) is 10.0 Å². The van der Waals surface area contributed by atoms with Crippen molar-refractivity contribution in [1.82, 2.24) is 0 Å². The number of hydrogen-bond acceptors (Lipinski definition) is 3. The van der Waals surface area contributed by atoms with Crippen molar-refractivity contribution in [2.75, 3.05) is 17.2 Å². The summed E-state index contributed by atoms with van der Waals surface area (Å²) in [6.45, 7) is 0.295. The first kappa shape index (κ1) is 20.2. The molecule has 3 aromatic carbocycles. The Kier molecular flexibility index (Phi) is 6.90. The van der Waals surface area contributed by atoms with E-state index in [1.807, 2.05) is 30.3 Å². The molecule has 0 spiro atoms. The molecule has 0 saturated heterocycles. The van der Waals surface area contributed by atoms with E-state index in [9.17, 15) is 9.18 Å². The highest BCUT2D eigenvalue weighted by molar-refractivity contribution is 9.10. The van der Waals surface area contributed by atoms with Crippen molar-refractivity contribution in [2.45, 2.75) is 6.54 Å². The van der Waals surface area contributed by atoms with Gasteiger partial charge in [-0.25, -0.2) is 4.39 Å². The predicted octanol–water partition coefficient (Wildman–Crippen LogP) is 5.87. The minimum Gasteiger partial charge on any atom is -0.483 e. The summed E-state index contributed by atoms with van der Waals surface area (Å²) in [4.78, 5) is 12.1. The molecule has 0 aliphatic rings. The van der Waals surface area contributed by atoms with Crippen molar-refractivity contribution in [3.05, 3.63) is 87.6 Å². The first-order chi connectivity index (χ1) is 13.5. The maximum absolute atomic E-state index is 13.3. The van der Waals surface area contributed by atoms with Crippen LogP contribution in [0.2, 0.25) is 5.02 Å². The summed E-state index contributed by atoms with van der Waals surface area (Å²) in [5.74, 6) is -0.145. The van der Waals surface area contributed by atoms with E-state index in [0.29, 0.717) is 23.7 Å². The highest BCUT2D eigenvalue weighted by Gasteiger charge is 2.09. The molecular formula is C21H17BrClFN2O2. The molecule has 144 valence electrons. The maximum atomic E-state index is 13.3. The third-order valence-electron chi connectivity index (χ3n) is 3.84. The summed E-state index contributed by atoms with van der Waals surface area (Å²) in [7, 11) is 0. The van der Waals surface area contributed by atoms with Crippen molar-refractivity contribution in [1.29, 1.82) is 0 Å². The van der Waals surface area contributed by atoms with Gasteiger partial charge in [-0.1, -0.05) is 45.7 Å².